The molecule has 1 aliphatic rings. The summed E-state index contributed by atoms with van der Waals surface area (Å²) in [5.41, 5.74) is 0.711. The van der Waals surface area contributed by atoms with Crippen LogP contribution in [0.3, 0.4) is 0 Å². The van der Waals surface area contributed by atoms with Crippen molar-refractivity contribution < 1.29 is 22.4 Å². The quantitative estimate of drug-likeness (QED) is 0.770. The van der Waals surface area contributed by atoms with Crippen LogP contribution >= 0.6 is 11.8 Å². The Labute approximate surface area is 166 Å². The lowest BCUT2D eigenvalue weighted by Gasteiger charge is -2.22. The van der Waals surface area contributed by atoms with Gasteiger partial charge in [-0.05, 0) is 50.2 Å². The topological polar surface area (TPSA) is 92.3 Å². The molecule has 0 spiro atoms. The lowest BCUT2D eigenvalue weighted by atomic mass is 10.2. The standard InChI is InChI=1S/C19H19FN2O4S2/c1-11(8-18(23)21-14-5-3-4-13(20)9-14)28(25,26)15-6-7-17-16(10-15)22-19(24)12(2)27-17/h3-7,9-12H,8H2,1-2H3,(H,21,23)(H,22,24). The van der Waals surface area contributed by atoms with Crippen molar-refractivity contribution in [2.75, 3.05) is 10.6 Å². The zero-order valence-electron chi connectivity index (χ0n) is 15.2. The van der Waals surface area contributed by atoms with Crippen LogP contribution < -0.4 is 10.6 Å². The van der Waals surface area contributed by atoms with Gasteiger partial charge in [0.2, 0.25) is 11.8 Å². The van der Waals surface area contributed by atoms with Crippen LogP contribution in [0.15, 0.2) is 52.3 Å². The average Bonchev–Trinajstić information content (AvgIpc) is 2.62. The molecule has 28 heavy (non-hydrogen) atoms. The largest absolute Gasteiger partial charge is 0.326 e. The summed E-state index contributed by atoms with van der Waals surface area (Å²) in [5.74, 6) is -1.21. The normalized spacial score (nSPS) is 17.4. The Morgan fingerprint density at radius 3 is 2.75 bits per heavy atom. The number of sulfone groups is 1. The van der Waals surface area contributed by atoms with Gasteiger partial charge < -0.3 is 10.6 Å². The first kappa shape index (κ1) is 20.3. The Kier molecular flexibility index (Phi) is 5.76. The molecule has 0 radical (unpaired) electrons. The highest BCUT2D eigenvalue weighted by Gasteiger charge is 2.29. The number of carbonyl (C=O) groups is 2. The maximum absolute atomic E-state index is 13.2. The summed E-state index contributed by atoms with van der Waals surface area (Å²) < 4.78 is 38.9. The molecule has 2 N–H and O–H groups in total. The fourth-order valence-corrected chi connectivity index (χ4v) is 5.05. The van der Waals surface area contributed by atoms with E-state index in [0.717, 1.165) is 11.0 Å². The van der Waals surface area contributed by atoms with E-state index in [1.54, 1.807) is 13.0 Å². The van der Waals surface area contributed by atoms with E-state index < -0.39 is 26.8 Å². The molecule has 0 saturated heterocycles. The molecule has 1 aliphatic heterocycles. The molecule has 0 bridgehead atoms. The Bertz CT molecular complexity index is 1040. The second-order valence-electron chi connectivity index (χ2n) is 6.53. The van der Waals surface area contributed by atoms with Crippen molar-refractivity contribution in [3.05, 3.63) is 48.3 Å². The van der Waals surface area contributed by atoms with E-state index >= 15 is 0 Å². The SMILES string of the molecule is CC1Sc2ccc(S(=O)(=O)C(C)CC(=O)Nc3cccc(F)c3)cc2NC1=O. The first-order chi connectivity index (χ1) is 13.2. The van der Waals surface area contributed by atoms with Crippen LogP contribution in [0.5, 0.6) is 0 Å². The molecule has 2 aromatic rings. The number of thioether (sulfide) groups is 1. The number of rotatable bonds is 5. The van der Waals surface area contributed by atoms with Gasteiger partial charge in [-0.2, -0.15) is 0 Å². The van der Waals surface area contributed by atoms with Gasteiger partial charge in [0.15, 0.2) is 9.84 Å². The molecule has 0 aliphatic carbocycles. The highest BCUT2D eigenvalue weighted by atomic mass is 32.2. The number of hydrogen-bond acceptors (Lipinski definition) is 5. The van der Waals surface area contributed by atoms with Gasteiger partial charge in [0.05, 0.1) is 21.1 Å². The summed E-state index contributed by atoms with van der Waals surface area (Å²) in [5, 5.41) is 3.95. The molecule has 2 aromatic carbocycles. The lowest BCUT2D eigenvalue weighted by molar-refractivity contribution is -0.116. The Morgan fingerprint density at radius 1 is 1.29 bits per heavy atom. The van der Waals surface area contributed by atoms with Crippen LogP contribution in [0.1, 0.15) is 20.3 Å². The van der Waals surface area contributed by atoms with Gasteiger partial charge in [-0.15, -0.1) is 11.8 Å². The van der Waals surface area contributed by atoms with Crippen LogP contribution in [0.4, 0.5) is 15.8 Å². The van der Waals surface area contributed by atoms with E-state index in [1.165, 1.54) is 49.0 Å². The second kappa shape index (κ2) is 7.92. The molecular weight excluding hydrogens is 403 g/mol. The summed E-state index contributed by atoms with van der Waals surface area (Å²) in [6.45, 7) is 3.21. The summed E-state index contributed by atoms with van der Waals surface area (Å²) in [6.07, 6.45) is -0.284. The molecule has 0 fully saturated rings. The van der Waals surface area contributed by atoms with E-state index in [0.29, 0.717) is 5.69 Å². The first-order valence-corrected chi connectivity index (χ1v) is 11.0. The lowest BCUT2D eigenvalue weighted by Crippen LogP contribution is -2.27. The Balaban J connectivity index is 1.74. The number of nitrogens with one attached hydrogen (secondary N) is 2. The zero-order chi connectivity index (χ0) is 20.5. The molecule has 6 nitrogen and oxygen atoms in total. The summed E-state index contributed by atoms with van der Waals surface area (Å²) in [7, 11) is -3.79. The predicted molar refractivity (Wildman–Crippen MR) is 107 cm³/mol. The van der Waals surface area contributed by atoms with E-state index in [2.05, 4.69) is 10.6 Å². The number of carbonyl (C=O) groups excluding carboxylic acids is 2. The summed E-state index contributed by atoms with van der Waals surface area (Å²) in [6, 6.07) is 9.92. The van der Waals surface area contributed by atoms with Gasteiger partial charge in [0.1, 0.15) is 5.82 Å². The summed E-state index contributed by atoms with van der Waals surface area (Å²) >= 11 is 1.36. The molecule has 9 heteroatoms. The second-order valence-corrected chi connectivity index (χ2v) is 10.3. The monoisotopic (exact) mass is 422 g/mol. The maximum Gasteiger partial charge on any atom is 0.237 e. The highest BCUT2D eigenvalue weighted by Crippen LogP contribution is 2.37. The van der Waals surface area contributed by atoms with Gasteiger partial charge in [0, 0.05) is 17.0 Å². The number of halogens is 1. The number of anilines is 2. The van der Waals surface area contributed by atoms with Crippen LogP contribution in [-0.2, 0) is 19.4 Å². The molecular formula is C19H19FN2O4S2. The Hall–Kier alpha value is -2.39. The third-order valence-corrected chi connectivity index (χ3v) is 7.64. The minimum absolute atomic E-state index is 0.0350. The van der Waals surface area contributed by atoms with Crippen LogP contribution in [0.25, 0.3) is 0 Å². The third kappa shape index (κ3) is 4.36. The molecule has 3 rings (SSSR count). The van der Waals surface area contributed by atoms with Crippen molar-refractivity contribution in [2.45, 2.75) is 40.6 Å². The average molecular weight is 423 g/mol. The first-order valence-electron chi connectivity index (χ1n) is 8.57. The van der Waals surface area contributed by atoms with Crippen molar-refractivity contribution in [1.29, 1.82) is 0 Å². The van der Waals surface area contributed by atoms with Crippen molar-refractivity contribution >= 4 is 44.8 Å². The highest BCUT2D eigenvalue weighted by molar-refractivity contribution is 8.01. The molecule has 2 unspecified atom stereocenters. The fourth-order valence-electron chi connectivity index (χ4n) is 2.75. The van der Waals surface area contributed by atoms with Crippen LogP contribution in [-0.4, -0.2) is 30.7 Å². The summed E-state index contributed by atoms with van der Waals surface area (Å²) in [4.78, 5) is 24.8. The fraction of sp³-hybridized carbons (Fsp3) is 0.263. The molecule has 1 heterocycles. The van der Waals surface area contributed by atoms with Gasteiger partial charge in [-0.1, -0.05) is 6.07 Å². The predicted octanol–water partition coefficient (Wildman–Crippen LogP) is 3.45. The minimum atomic E-state index is -3.79. The van der Waals surface area contributed by atoms with Crippen molar-refractivity contribution in [2.24, 2.45) is 0 Å². The van der Waals surface area contributed by atoms with Crippen molar-refractivity contribution in [1.82, 2.24) is 0 Å². The number of hydrogen-bond donors (Lipinski definition) is 2. The smallest absolute Gasteiger partial charge is 0.237 e. The zero-order valence-corrected chi connectivity index (χ0v) is 16.9. The van der Waals surface area contributed by atoms with Gasteiger partial charge in [-0.3, -0.25) is 9.59 Å². The van der Waals surface area contributed by atoms with Gasteiger partial charge in [-0.25, -0.2) is 12.8 Å². The van der Waals surface area contributed by atoms with Gasteiger partial charge >= 0.3 is 0 Å². The van der Waals surface area contributed by atoms with E-state index in [4.69, 9.17) is 0 Å². The van der Waals surface area contributed by atoms with Crippen LogP contribution in [0.2, 0.25) is 0 Å². The molecule has 0 saturated carbocycles. The minimum Gasteiger partial charge on any atom is -0.326 e. The molecule has 0 aromatic heterocycles. The number of benzene rings is 2. The van der Waals surface area contributed by atoms with Crippen LogP contribution in [0, 0.1) is 5.82 Å². The molecule has 148 valence electrons. The number of amides is 2. The maximum atomic E-state index is 13.2. The molecule has 2 amide bonds. The Morgan fingerprint density at radius 2 is 2.04 bits per heavy atom. The molecule has 2 atom stereocenters. The third-order valence-electron chi connectivity index (χ3n) is 4.32. The van der Waals surface area contributed by atoms with Crippen molar-refractivity contribution in [3.63, 3.8) is 0 Å². The van der Waals surface area contributed by atoms with Gasteiger partial charge in [0.25, 0.3) is 0 Å². The van der Waals surface area contributed by atoms with E-state index in [-0.39, 0.29) is 28.2 Å². The van der Waals surface area contributed by atoms with E-state index in [1.807, 2.05) is 0 Å². The number of fused-ring (bicyclic) bond motifs is 1. The van der Waals surface area contributed by atoms with E-state index in [9.17, 15) is 22.4 Å². The van der Waals surface area contributed by atoms with Crippen molar-refractivity contribution in [3.8, 4) is 0 Å².